The molecule has 0 aromatic heterocycles. The molecule has 0 fully saturated rings. The number of carbonyl (C=O) groups excluding carboxylic acids is 1. The van der Waals surface area contributed by atoms with E-state index in [1.54, 1.807) is 6.07 Å². The van der Waals surface area contributed by atoms with E-state index < -0.39 is 5.92 Å². The molecule has 1 unspecified atom stereocenters. The van der Waals surface area contributed by atoms with Crippen LogP contribution in [-0.2, 0) is 9.53 Å². The average Bonchev–Trinajstić information content (AvgIpc) is 2.40. The molecule has 1 aromatic carbocycles. The van der Waals surface area contributed by atoms with E-state index in [2.05, 4.69) is 6.07 Å². The third-order valence-electron chi connectivity index (χ3n) is 2.84. The van der Waals surface area contributed by atoms with Gasteiger partial charge in [0.1, 0.15) is 11.7 Å². The highest BCUT2D eigenvalue weighted by Gasteiger charge is 2.23. The predicted molar refractivity (Wildman–Crippen MR) is 72.2 cm³/mol. The van der Waals surface area contributed by atoms with Crippen molar-refractivity contribution in [3.63, 3.8) is 0 Å². The van der Waals surface area contributed by atoms with Gasteiger partial charge in [-0.15, -0.1) is 0 Å². The molecule has 0 saturated heterocycles. The highest BCUT2D eigenvalue weighted by Crippen LogP contribution is 2.28. The van der Waals surface area contributed by atoms with Gasteiger partial charge in [0.2, 0.25) is 0 Å². The van der Waals surface area contributed by atoms with Gasteiger partial charge < -0.3 is 9.47 Å². The number of carbonyl (C=O) groups is 1. The molecule has 102 valence electrons. The first kappa shape index (κ1) is 15.2. The molecular weight excluding hydrogens is 242 g/mol. The Hall–Kier alpha value is -1.86. The summed E-state index contributed by atoms with van der Waals surface area (Å²) in [5, 5.41) is 9.25. The first-order valence-electron chi connectivity index (χ1n) is 6.28. The topological polar surface area (TPSA) is 59.3 Å². The lowest BCUT2D eigenvalue weighted by molar-refractivity contribution is -0.120. The van der Waals surface area contributed by atoms with E-state index in [0.717, 1.165) is 5.56 Å². The maximum atomic E-state index is 12.1. The van der Waals surface area contributed by atoms with E-state index in [0.29, 0.717) is 24.5 Å². The molecule has 4 heteroatoms. The van der Waals surface area contributed by atoms with Gasteiger partial charge in [0.25, 0.3) is 0 Å². The van der Waals surface area contributed by atoms with Gasteiger partial charge in [-0.2, -0.15) is 5.26 Å². The first-order valence-corrected chi connectivity index (χ1v) is 6.28. The minimum atomic E-state index is -0.796. The monoisotopic (exact) mass is 261 g/mol. The fraction of sp³-hybridized carbons (Fsp3) is 0.467. The summed E-state index contributed by atoms with van der Waals surface area (Å²) in [5.74, 6) is -0.364. The van der Waals surface area contributed by atoms with Crippen molar-refractivity contribution in [1.82, 2.24) is 0 Å². The minimum Gasteiger partial charge on any atom is -0.496 e. The molecule has 1 aromatic rings. The van der Waals surface area contributed by atoms with Crippen LogP contribution in [0.2, 0.25) is 0 Å². The number of aryl methyl sites for hydroxylation is 1. The zero-order valence-electron chi connectivity index (χ0n) is 11.6. The van der Waals surface area contributed by atoms with Gasteiger partial charge in [-0.3, -0.25) is 4.79 Å². The van der Waals surface area contributed by atoms with Gasteiger partial charge in [0.05, 0.1) is 19.8 Å². The van der Waals surface area contributed by atoms with Crippen LogP contribution in [-0.4, -0.2) is 26.1 Å². The Morgan fingerprint density at radius 1 is 1.47 bits per heavy atom. The lowest BCUT2D eigenvalue weighted by Gasteiger charge is -2.13. The SMILES string of the molecule is CCOCCC(=O)C(C#N)c1cc(C)ccc1OC. The predicted octanol–water partition coefficient (Wildman–Crippen LogP) is 2.61. The highest BCUT2D eigenvalue weighted by atomic mass is 16.5. The Morgan fingerprint density at radius 3 is 2.79 bits per heavy atom. The van der Waals surface area contributed by atoms with Gasteiger partial charge in [0, 0.05) is 18.6 Å². The van der Waals surface area contributed by atoms with Crippen LogP contribution >= 0.6 is 0 Å². The largest absolute Gasteiger partial charge is 0.496 e. The Balaban J connectivity index is 2.94. The van der Waals surface area contributed by atoms with Crippen molar-refractivity contribution < 1.29 is 14.3 Å². The summed E-state index contributed by atoms with van der Waals surface area (Å²) in [6.45, 7) is 4.71. The van der Waals surface area contributed by atoms with E-state index in [4.69, 9.17) is 9.47 Å². The van der Waals surface area contributed by atoms with Crippen LogP contribution in [0.1, 0.15) is 30.4 Å². The maximum absolute atomic E-state index is 12.1. The molecule has 1 atom stereocenters. The normalized spacial score (nSPS) is 11.7. The summed E-state index contributed by atoms with van der Waals surface area (Å²) in [6, 6.07) is 7.56. The fourth-order valence-electron chi connectivity index (χ4n) is 1.86. The Morgan fingerprint density at radius 2 is 2.21 bits per heavy atom. The molecule has 4 nitrogen and oxygen atoms in total. The van der Waals surface area contributed by atoms with Crippen LogP contribution in [0.15, 0.2) is 18.2 Å². The fourth-order valence-corrected chi connectivity index (χ4v) is 1.86. The van der Waals surface area contributed by atoms with Gasteiger partial charge in [-0.25, -0.2) is 0 Å². The third-order valence-corrected chi connectivity index (χ3v) is 2.84. The Labute approximate surface area is 113 Å². The summed E-state index contributed by atoms with van der Waals surface area (Å²) in [7, 11) is 1.53. The van der Waals surface area contributed by atoms with E-state index in [9.17, 15) is 10.1 Å². The molecule has 0 aliphatic rings. The lowest BCUT2D eigenvalue weighted by Crippen LogP contribution is -2.14. The zero-order valence-corrected chi connectivity index (χ0v) is 11.6. The van der Waals surface area contributed by atoms with Gasteiger partial charge in [-0.05, 0) is 19.9 Å². The number of nitriles is 1. The number of hydrogen-bond acceptors (Lipinski definition) is 4. The zero-order chi connectivity index (χ0) is 14.3. The van der Waals surface area contributed by atoms with E-state index in [-0.39, 0.29) is 12.2 Å². The summed E-state index contributed by atoms with van der Waals surface area (Å²) in [5.41, 5.74) is 1.63. The number of hydrogen-bond donors (Lipinski definition) is 0. The van der Waals surface area contributed by atoms with Crippen LogP contribution < -0.4 is 4.74 Å². The molecule has 0 aliphatic carbocycles. The quantitative estimate of drug-likeness (QED) is 0.708. The van der Waals surface area contributed by atoms with Gasteiger partial charge in [-0.1, -0.05) is 17.7 Å². The number of rotatable bonds is 7. The van der Waals surface area contributed by atoms with Crippen molar-refractivity contribution in [3.05, 3.63) is 29.3 Å². The molecule has 0 bridgehead atoms. The van der Waals surface area contributed by atoms with Crippen LogP contribution in [0, 0.1) is 18.3 Å². The van der Waals surface area contributed by atoms with Crippen LogP contribution in [0.4, 0.5) is 0 Å². The summed E-state index contributed by atoms with van der Waals surface area (Å²) >= 11 is 0. The molecule has 0 amide bonds. The molecule has 0 saturated carbocycles. The number of methoxy groups -OCH3 is 1. The van der Waals surface area contributed by atoms with Crippen molar-refractivity contribution >= 4 is 5.78 Å². The number of nitrogens with zero attached hydrogens (tertiary/aromatic N) is 1. The van der Waals surface area contributed by atoms with Crippen LogP contribution in [0.5, 0.6) is 5.75 Å². The van der Waals surface area contributed by atoms with Crippen LogP contribution in [0.25, 0.3) is 0 Å². The molecule has 1 rings (SSSR count). The average molecular weight is 261 g/mol. The third kappa shape index (κ3) is 4.08. The summed E-state index contributed by atoms with van der Waals surface area (Å²) in [4.78, 5) is 12.1. The lowest BCUT2D eigenvalue weighted by atomic mass is 9.92. The van der Waals surface area contributed by atoms with Crippen LogP contribution in [0.3, 0.4) is 0 Å². The first-order chi connectivity index (χ1) is 9.13. The summed E-state index contributed by atoms with van der Waals surface area (Å²) < 4.78 is 10.4. The number of ether oxygens (including phenoxy) is 2. The van der Waals surface area contributed by atoms with Crippen molar-refractivity contribution in [1.29, 1.82) is 5.26 Å². The maximum Gasteiger partial charge on any atom is 0.156 e. The Kier molecular flexibility index (Phi) is 6.04. The number of ketones is 1. The highest BCUT2D eigenvalue weighted by molar-refractivity contribution is 5.89. The number of Topliss-reactive ketones (excluding diaryl/α,β-unsaturated/α-hetero) is 1. The van der Waals surface area contributed by atoms with Crippen molar-refractivity contribution in [2.75, 3.05) is 20.3 Å². The molecule has 19 heavy (non-hydrogen) atoms. The van der Waals surface area contributed by atoms with Crippen molar-refractivity contribution in [2.24, 2.45) is 0 Å². The standard InChI is InChI=1S/C15H19NO3/c1-4-19-8-7-14(17)13(10-16)12-9-11(2)5-6-15(12)18-3/h5-6,9,13H,4,7-8H2,1-3H3. The second-order valence-corrected chi connectivity index (χ2v) is 4.22. The second-order valence-electron chi connectivity index (χ2n) is 4.22. The molecule has 0 aliphatic heterocycles. The van der Waals surface area contributed by atoms with Gasteiger partial charge >= 0.3 is 0 Å². The van der Waals surface area contributed by atoms with E-state index in [1.165, 1.54) is 7.11 Å². The molecule has 0 heterocycles. The van der Waals surface area contributed by atoms with Gasteiger partial charge in [0.15, 0.2) is 5.78 Å². The molecule has 0 spiro atoms. The Bertz CT molecular complexity index is 477. The van der Waals surface area contributed by atoms with E-state index >= 15 is 0 Å². The molecule has 0 N–H and O–H groups in total. The minimum absolute atomic E-state index is 0.139. The second kappa shape index (κ2) is 7.55. The molecular formula is C15H19NO3. The van der Waals surface area contributed by atoms with Crippen molar-refractivity contribution in [2.45, 2.75) is 26.2 Å². The smallest absolute Gasteiger partial charge is 0.156 e. The number of benzene rings is 1. The molecule has 0 radical (unpaired) electrons. The van der Waals surface area contributed by atoms with Crippen molar-refractivity contribution in [3.8, 4) is 11.8 Å². The summed E-state index contributed by atoms with van der Waals surface area (Å²) in [6.07, 6.45) is 0.239. The van der Waals surface area contributed by atoms with E-state index in [1.807, 2.05) is 26.0 Å².